The number of carbonyl (C=O) groups excluding carboxylic acids is 1. The van der Waals surface area contributed by atoms with Crippen LogP contribution in [0.25, 0.3) is 6.08 Å². The number of nitrogens with zero attached hydrogens (tertiary/aromatic N) is 1. The summed E-state index contributed by atoms with van der Waals surface area (Å²) >= 11 is 0. The highest BCUT2D eigenvalue weighted by Gasteiger charge is 2.30. The fraction of sp³-hybridized carbons (Fsp3) is 0.111. The smallest absolute Gasteiger partial charge is 0.416 e. The van der Waals surface area contributed by atoms with Crippen molar-refractivity contribution in [3.8, 4) is 11.8 Å². The Balaban J connectivity index is 2.39. The summed E-state index contributed by atoms with van der Waals surface area (Å²) in [6.45, 7) is 0. The normalized spacial score (nSPS) is 11.7. The number of methoxy groups -OCH3 is 1. The van der Waals surface area contributed by atoms with E-state index in [4.69, 9.17) is 4.74 Å². The van der Waals surface area contributed by atoms with Gasteiger partial charge in [0.05, 0.1) is 12.7 Å². The zero-order chi connectivity index (χ0) is 17.7. The van der Waals surface area contributed by atoms with E-state index < -0.39 is 17.5 Å². The maximum atomic E-state index is 12.7. The SMILES string of the molecule is COc1cccc(C(=O)/C(C#N)=C/c2cccc(C(F)(F)F)c2)c1. The maximum Gasteiger partial charge on any atom is 0.416 e. The van der Waals surface area contributed by atoms with E-state index >= 15 is 0 Å². The van der Waals surface area contributed by atoms with E-state index in [0.717, 1.165) is 18.2 Å². The summed E-state index contributed by atoms with van der Waals surface area (Å²) in [5.41, 5.74) is -0.767. The second-order valence-corrected chi connectivity index (χ2v) is 4.85. The summed E-state index contributed by atoms with van der Waals surface area (Å²) in [6.07, 6.45) is -3.36. The average Bonchev–Trinajstić information content (AvgIpc) is 2.58. The first kappa shape index (κ1) is 17.3. The number of benzene rings is 2. The number of halogens is 3. The number of allylic oxidation sites excluding steroid dienone is 1. The summed E-state index contributed by atoms with van der Waals surface area (Å²) in [7, 11) is 1.44. The molecule has 122 valence electrons. The minimum atomic E-state index is -4.49. The van der Waals surface area contributed by atoms with Gasteiger partial charge in [0.2, 0.25) is 5.78 Å². The molecule has 2 rings (SSSR count). The number of nitriles is 1. The molecule has 24 heavy (non-hydrogen) atoms. The van der Waals surface area contributed by atoms with Crippen molar-refractivity contribution in [1.29, 1.82) is 5.26 Å². The van der Waals surface area contributed by atoms with Gasteiger partial charge < -0.3 is 4.74 Å². The number of hydrogen-bond donors (Lipinski definition) is 0. The largest absolute Gasteiger partial charge is 0.497 e. The lowest BCUT2D eigenvalue weighted by Crippen LogP contribution is -2.05. The van der Waals surface area contributed by atoms with Crippen LogP contribution in [0.2, 0.25) is 0 Å². The fourth-order valence-electron chi connectivity index (χ4n) is 2.04. The van der Waals surface area contributed by atoms with Gasteiger partial charge in [-0.2, -0.15) is 18.4 Å². The number of ether oxygens (including phenoxy) is 1. The lowest BCUT2D eigenvalue weighted by atomic mass is 10.0. The van der Waals surface area contributed by atoms with Crippen LogP contribution in [-0.2, 0) is 6.18 Å². The Morgan fingerprint density at radius 2 is 1.88 bits per heavy atom. The van der Waals surface area contributed by atoms with E-state index in [2.05, 4.69) is 0 Å². The van der Waals surface area contributed by atoms with Gasteiger partial charge in [-0.1, -0.05) is 24.3 Å². The summed E-state index contributed by atoms with van der Waals surface area (Å²) in [4.78, 5) is 12.4. The van der Waals surface area contributed by atoms with Crippen LogP contribution in [-0.4, -0.2) is 12.9 Å². The van der Waals surface area contributed by atoms with Gasteiger partial charge in [-0.15, -0.1) is 0 Å². The molecule has 3 nitrogen and oxygen atoms in total. The number of ketones is 1. The number of rotatable bonds is 4. The van der Waals surface area contributed by atoms with Crippen LogP contribution in [0.5, 0.6) is 5.75 Å². The van der Waals surface area contributed by atoms with Crippen LogP contribution in [0, 0.1) is 11.3 Å². The second-order valence-electron chi connectivity index (χ2n) is 4.85. The molecular weight excluding hydrogens is 319 g/mol. The van der Waals surface area contributed by atoms with Crippen LogP contribution in [0.4, 0.5) is 13.2 Å². The van der Waals surface area contributed by atoms with Crippen molar-refractivity contribution < 1.29 is 22.7 Å². The molecule has 0 amide bonds. The molecule has 0 aliphatic heterocycles. The molecule has 0 spiro atoms. The molecule has 0 atom stereocenters. The Labute approximate surface area is 136 Å². The molecule has 0 saturated carbocycles. The summed E-state index contributed by atoms with van der Waals surface area (Å²) in [6, 6.07) is 12.3. The molecule has 2 aromatic carbocycles. The van der Waals surface area contributed by atoms with E-state index in [-0.39, 0.29) is 16.7 Å². The van der Waals surface area contributed by atoms with Crippen LogP contribution in [0.3, 0.4) is 0 Å². The second kappa shape index (κ2) is 7.01. The lowest BCUT2D eigenvalue weighted by Gasteiger charge is -2.07. The van der Waals surface area contributed by atoms with Crippen molar-refractivity contribution in [2.75, 3.05) is 7.11 Å². The Hall–Kier alpha value is -3.07. The average molecular weight is 331 g/mol. The zero-order valence-corrected chi connectivity index (χ0v) is 12.6. The Morgan fingerprint density at radius 3 is 2.50 bits per heavy atom. The third-order valence-electron chi connectivity index (χ3n) is 3.22. The van der Waals surface area contributed by atoms with Gasteiger partial charge in [-0.05, 0) is 35.9 Å². The molecule has 0 unspecified atom stereocenters. The molecule has 0 saturated heterocycles. The molecule has 0 aromatic heterocycles. The summed E-state index contributed by atoms with van der Waals surface area (Å²) in [5.74, 6) is -0.147. The predicted molar refractivity (Wildman–Crippen MR) is 82.4 cm³/mol. The third-order valence-corrected chi connectivity index (χ3v) is 3.22. The molecule has 0 aliphatic carbocycles. The quantitative estimate of drug-likeness (QED) is 0.471. The molecule has 0 fully saturated rings. The highest BCUT2D eigenvalue weighted by molar-refractivity contribution is 6.14. The van der Waals surface area contributed by atoms with Crippen molar-refractivity contribution >= 4 is 11.9 Å². The first-order valence-electron chi connectivity index (χ1n) is 6.83. The molecule has 0 N–H and O–H groups in total. The van der Waals surface area contributed by atoms with Crippen molar-refractivity contribution in [2.24, 2.45) is 0 Å². The monoisotopic (exact) mass is 331 g/mol. The van der Waals surface area contributed by atoms with Crippen LogP contribution in [0.15, 0.2) is 54.1 Å². The van der Waals surface area contributed by atoms with Gasteiger partial charge in [-0.25, -0.2) is 0 Å². The molecule has 0 radical (unpaired) electrons. The highest BCUT2D eigenvalue weighted by atomic mass is 19.4. The third kappa shape index (κ3) is 4.02. The topological polar surface area (TPSA) is 50.1 Å². The minimum absolute atomic E-state index is 0.123. The Bertz CT molecular complexity index is 833. The van der Waals surface area contributed by atoms with Crippen LogP contribution < -0.4 is 4.74 Å². The van der Waals surface area contributed by atoms with E-state index in [1.165, 1.54) is 31.4 Å². The molecule has 0 aliphatic rings. The fourth-order valence-corrected chi connectivity index (χ4v) is 2.04. The molecule has 2 aromatic rings. The van der Waals surface area contributed by atoms with E-state index in [1.54, 1.807) is 18.2 Å². The predicted octanol–water partition coefficient (Wildman–Crippen LogP) is 4.50. The van der Waals surface area contributed by atoms with Gasteiger partial charge in [0.25, 0.3) is 0 Å². The molecule has 0 heterocycles. The molecular formula is C18H12F3NO2. The molecule has 6 heteroatoms. The van der Waals surface area contributed by atoms with E-state index in [0.29, 0.717) is 5.75 Å². The Morgan fingerprint density at radius 1 is 1.17 bits per heavy atom. The van der Waals surface area contributed by atoms with Gasteiger partial charge in [0.15, 0.2) is 0 Å². The Kier molecular flexibility index (Phi) is 5.05. The van der Waals surface area contributed by atoms with Crippen LogP contribution >= 0.6 is 0 Å². The van der Waals surface area contributed by atoms with E-state index in [9.17, 15) is 23.2 Å². The van der Waals surface area contributed by atoms with Gasteiger partial charge in [0, 0.05) is 5.56 Å². The summed E-state index contributed by atoms with van der Waals surface area (Å²) in [5, 5.41) is 9.18. The lowest BCUT2D eigenvalue weighted by molar-refractivity contribution is -0.137. The zero-order valence-electron chi connectivity index (χ0n) is 12.6. The van der Waals surface area contributed by atoms with Crippen molar-refractivity contribution in [3.05, 3.63) is 70.8 Å². The maximum absolute atomic E-state index is 12.7. The van der Waals surface area contributed by atoms with Crippen molar-refractivity contribution in [1.82, 2.24) is 0 Å². The first-order chi connectivity index (χ1) is 11.3. The standard InChI is InChI=1S/C18H12F3NO2/c1-24-16-7-3-5-13(10-16)17(23)14(11-22)8-12-4-2-6-15(9-12)18(19,20)21/h2-10H,1H3/b14-8+. The van der Waals surface area contributed by atoms with Gasteiger partial charge >= 0.3 is 6.18 Å². The van der Waals surface area contributed by atoms with Crippen molar-refractivity contribution in [2.45, 2.75) is 6.18 Å². The minimum Gasteiger partial charge on any atom is -0.497 e. The number of hydrogen-bond acceptors (Lipinski definition) is 3. The summed E-state index contributed by atoms with van der Waals surface area (Å²) < 4.78 is 43.2. The highest BCUT2D eigenvalue weighted by Crippen LogP contribution is 2.30. The first-order valence-corrected chi connectivity index (χ1v) is 6.83. The number of carbonyl (C=O) groups is 1. The van der Waals surface area contributed by atoms with Gasteiger partial charge in [-0.3, -0.25) is 4.79 Å². The van der Waals surface area contributed by atoms with Crippen LogP contribution in [0.1, 0.15) is 21.5 Å². The number of alkyl halides is 3. The van der Waals surface area contributed by atoms with E-state index in [1.807, 2.05) is 0 Å². The molecule has 0 bridgehead atoms. The number of Topliss-reactive ketones (excluding diaryl/α,β-unsaturated/α-hetero) is 1. The van der Waals surface area contributed by atoms with Gasteiger partial charge in [0.1, 0.15) is 17.4 Å². The van der Waals surface area contributed by atoms with Crippen molar-refractivity contribution in [3.63, 3.8) is 0 Å².